The minimum absolute atomic E-state index is 0.135. The van der Waals surface area contributed by atoms with Crippen LogP contribution in [0, 0.1) is 29.5 Å². The van der Waals surface area contributed by atoms with Crippen LogP contribution in [0.2, 0.25) is 0 Å². The van der Waals surface area contributed by atoms with Gasteiger partial charge in [0, 0.05) is 31.3 Å². The Morgan fingerprint density at radius 3 is 2.40 bits per heavy atom. The summed E-state index contributed by atoms with van der Waals surface area (Å²) in [4.78, 5) is 33.3. The molecule has 1 saturated heterocycles. The molecule has 1 fully saturated rings. The fraction of sp³-hybridized carbons (Fsp3) is 0.500. The van der Waals surface area contributed by atoms with E-state index in [1.54, 1.807) is 18.3 Å². The van der Waals surface area contributed by atoms with Crippen molar-refractivity contribution in [2.24, 2.45) is 5.41 Å². The summed E-state index contributed by atoms with van der Waals surface area (Å²) in [5.74, 6) is -0.657. The number of anilines is 1. The van der Waals surface area contributed by atoms with Crippen molar-refractivity contribution in [1.29, 1.82) is 5.26 Å². The highest BCUT2D eigenvalue weighted by Gasteiger charge is 2.36. The number of benzene rings is 1. The number of ether oxygens (including phenoxy) is 2. The molecule has 1 aromatic carbocycles. The van der Waals surface area contributed by atoms with Gasteiger partial charge in [0.25, 0.3) is 5.91 Å². The summed E-state index contributed by atoms with van der Waals surface area (Å²) in [5, 5.41) is 12.5. The normalized spacial score (nSPS) is 16.5. The second-order valence-corrected chi connectivity index (χ2v) is 12.7. The highest BCUT2D eigenvalue weighted by Crippen LogP contribution is 2.39. The SMILES string of the molecule is COC(=O)[C@@H](OC(C)(C)C)c1c(C)cc2nc(C(=O)NC(C#N)Cc3ccc(F)cc3)cn2c1N1CCC(C)(C)CC1. The first-order valence-electron chi connectivity index (χ1n) is 14.2. The molecule has 1 amide bonds. The number of methoxy groups -OCH3 is 1. The molecule has 0 bridgehead atoms. The molecular weight excluding hydrogens is 537 g/mol. The van der Waals surface area contributed by atoms with E-state index < -0.39 is 29.6 Å². The molecule has 10 heteroatoms. The van der Waals surface area contributed by atoms with Gasteiger partial charge in [-0.1, -0.05) is 26.0 Å². The van der Waals surface area contributed by atoms with Gasteiger partial charge in [0.1, 0.15) is 29.0 Å². The van der Waals surface area contributed by atoms with Gasteiger partial charge in [-0.2, -0.15) is 5.26 Å². The number of esters is 1. The summed E-state index contributed by atoms with van der Waals surface area (Å²) >= 11 is 0. The molecule has 0 radical (unpaired) electrons. The smallest absolute Gasteiger partial charge is 0.339 e. The van der Waals surface area contributed by atoms with Gasteiger partial charge in [-0.15, -0.1) is 0 Å². The van der Waals surface area contributed by atoms with Gasteiger partial charge in [0.05, 0.1) is 18.8 Å². The van der Waals surface area contributed by atoms with Crippen LogP contribution in [0.5, 0.6) is 0 Å². The second kappa shape index (κ2) is 12.1. The van der Waals surface area contributed by atoms with Gasteiger partial charge in [-0.05, 0) is 75.3 Å². The number of aromatic nitrogens is 2. The van der Waals surface area contributed by atoms with Gasteiger partial charge < -0.3 is 19.7 Å². The first-order chi connectivity index (χ1) is 19.7. The minimum Gasteiger partial charge on any atom is -0.467 e. The van der Waals surface area contributed by atoms with Crippen LogP contribution in [-0.4, -0.2) is 53.1 Å². The number of carbonyl (C=O) groups is 2. The minimum atomic E-state index is -0.998. The zero-order valence-corrected chi connectivity index (χ0v) is 25.5. The van der Waals surface area contributed by atoms with E-state index in [1.807, 2.05) is 38.2 Å². The Morgan fingerprint density at radius 2 is 1.83 bits per heavy atom. The number of pyridine rings is 1. The van der Waals surface area contributed by atoms with Crippen LogP contribution in [0.3, 0.4) is 0 Å². The van der Waals surface area contributed by atoms with Crippen molar-refractivity contribution < 1.29 is 23.5 Å². The Hall–Kier alpha value is -3.97. The van der Waals surface area contributed by atoms with Gasteiger partial charge in [-0.25, -0.2) is 14.2 Å². The first-order valence-corrected chi connectivity index (χ1v) is 14.2. The molecule has 1 N–H and O–H groups in total. The molecule has 2 aromatic heterocycles. The maximum atomic E-state index is 13.3. The Labute approximate surface area is 246 Å². The highest BCUT2D eigenvalue weighted by molar-refractivity contribution is 5.93. The van der Waals surface area contributed by atoms with Gasteiger partial charge in [-0.3, -0.25) is 9.20 Å². The average molecular weight is 578 g/mol. The maximum Gasteiger partial charge on any atom is 0.339 e. The molecule has 9 nitrogen and oxygen atoms in total. The molecule has 0 saturated carbocycles. The van der Waals surface area contributed by atoms with Crippen molar-refractivity contribution in [2.45, 2.75) is 78.6 Å². The number of imidazole rings is 1. The molecule has 2 atom stereocenters. The van der Waals surface area contributed by atoms with Gasteiger partial charge >= 0.3 is 5.97 Å². The molecule has 1 unspecified atom stereocenters. The number of hydrogen-bond donors (Lipinski definition) is 1. The Kier molecular flexibility index (Phi) is 8.92. The van der Waals surface area contributed by atoms with Crippen LogP contribution in [-0.2, 0) is 20.7 Å². The van der Waals surface area contributed by atoms with E-state index in [0.29, 0.717) is 11.2 Å². The Morgan fingerprint density at radius 1 is 1.19 bits per heavy atom. The van der Waals surface area contributed by atoms with Crippen molar-refractivity contribution in [3.8, 4) is 6.07 Å². The molecule has 224 valence electrons. The summed E-state index contributed by atoms with van der Waals surface area (Å²) in [5.41, 5.74) is 2.38. The summed E-state index contributed by atoms with van der Waals surface area (Å²) in [6.45, 7) is 13.5. The van der Waals surface area contributed by atoms with Crippen LogP contribution >= 0.6 is 0 Å². The maximum absolute atomic E-state index is 13.3. The zero-order chi connectivity index (χ0) is 30.8. The molecule has 0 spiro atoms. The lowest BCUT2D eigenvalue weighted by Gasteiger charge is -2.40. The number of nitrogens with zero attached hydrogens (tertiary/aromatic N) is 4. The van der Waals surface area contributed by atoms with Crippen molar-refractivity contribution in [3.63, 3.8) is 0 Å². The Bertz CT molecular complexity index is 1490. The van der Waals surface area contributed by atoms with Crippen molar-refractivity contribution in [3.05, 3.63) is 64.7 Å². The lowest BCUT2D eigenvalue weighted by atomic mass is 9.82. The largest absolute Gasteiger partial charge is 0.467 e. The van der Waals surface area contributed by atoms with Gasteiger partial charge in [0.15, 0.2) is 6.10 Å². The third-order valence-corrected chi connectivity index (χ3v) is 7.59. The summed E-state index contributed by atoms with van der Waals surface area (Å²) in [7, 11) is 1.34. The number of rotatable bonds is 8. The topological polar surface area (TPSA) is 109 Å². The van der Waals surface area contributed by atoms with E-state index in [2.05, 4.69) is 35.1 Å². The molecule has 1 aliphatic rings. The standard InChI is InChI=1S/C32H40FN5O4/c1-20-16-25-36-24(28(39)35-23(18-34)17-21-8-10-22(33)11-9-21)19-38(25)29(37-14-12-32(5,6)13-15-37)26(20)27(30(40)41-7)42-31(2,3)4/h8-11,16,19,23,27H,12-15,17H2,1-7H3,(H,35,39)/t23?,27-/m0/s1. The van der Waals surface area contributed by atoms with Crippen LogP contribution in [0.15, 0.2) is 36.5 Å². The van der Waals surface area contributed by atoms with Crippen LogP contribution in [0.1, 0.15) is 80.7 Å². The van der Waals surface area contributed by atoms with Crippen LogP contribution in [0.4, 0.5) is 10.2 Å². The van der Waals surface area contributed by atoms with E-state index in [9.17, 15) is 19.2 Å². The number of piperidine rings is 1. The second-order valence-electron chi connectivity index (χ2n) is 12.7. The number of halogens is 1. The van der Waals surface area contributed by atoms with Crippen molar-refractivity contribution >= 4 is 23.3 Å². The molecule has 42 heavy (non-hydrogen) atoms. The highest BCUT2D eigenvalue weighted by atomic mass is 19.1. The van der Waals surface area contributed by atoms with E-state index in [1.165, 1.54) is 19.2 Å². The quantitative estimate of drug-likeness (QED) is 0.362. The average Bonchev–Trinajstić information content (AvgIpc) is 3.35. The van der Waals surface area contributed by atoms with Gasteiger partial charge in [0.2, 0.25) is 0 Å². The molecule has 0 aliphatic carbocycles. The first kappa shape index (κ1) is 31.0. The molecular formula is C32H40FN5O4. The number of nitriles is 1. The molecule has 4 rings (SSSR count). The van der Waals surface area contributed by atoms with E-state index in [0.717, 1.165) is 42.9 Å². The van der Waals surface area contributed by atoms with E-state index >= 15 is 0 Å². The Balaban J connectivity index is 1.77. The van der Waals surface area contributed by atoms with Crippen LogP contribution in [0.25, 0.3) is 5.65 Å². The molecule has 3 aromatic rings. The number of fused-ring (bicyclic) bond motifs is 1. The summed E-state index contributed by atoms with van der Waals surface area (Å²) in [6.07, 6.45) is 2.75. The molecule has 1 aliphatic heterocycles. The van der Waals surface area contributed by atoms with Crippen LogP contribution < -0.4 is 10.2 Å². The number of hydrogen-bond acceptors (Lipinski definition) is 7. The summed E-state index contributed by atoms with van der Waals surface area (Å²) < 4.78 is 26.6. The summed E-state index contributed by atoms with van der Waals surface area (Å²) in [6, 6.07) is 8.92. The fourth-order valence-electron chi connectivity index (χ4n) is 5.23. The predicted octanol–water partition coefficient (Wildman–Crippen LogP) is 5.30. The van der Waals surface area contributed by atoms with Crippen molar-refractivity contribution in [1.82, 2.24) is 14.7 Å². The lowest BCUT2D eigenvalue weighted by Crippen LogP contribution is -2.40. The monoisotopic (exact) mass is 577 g/mol. The lowest BCUT2D eigenvalue weighted by molar-refractivity contribution is -0.164. The fourth-order valence-corrected chi connectivity index (χ4v) is 5.23. The number of carbonyl (C=O) groups excluding carboxylic acids is 2. The van der Waals surface area contributed by atoms with E-state index in [-0.39, 0.29) is 23.3 Å². The number of aryl methyl sites for hydroxylation is 1. The third kappa shape index (κ3) is 7.08. The molecule has 3 heterocycles. The zero-order valence-electron chi connectivity index (χ0n) is 25.5. The number of amides is 1. The predicted molar refractivity (Wildman–Crippen MR) is 158 cm³/mol. The van der Waals surface area contributed by atoms with Crippen molar-refractivity contribution in [2.75, 3.05) is 25.1 Å². The van der Waals surface area contributed by atoms with E-state index in [4.69, 9.17) is 9.47 Å². The number of nitrogens with one attached hydrogen (secondary N) is 1. The third-order valence-electron chi connectivity index (χ3n) is 7.59.